The van der Waals surface area contributed by atoms with Crippen molar-refractivity contribution in [2.45, 2.75) is 32.7 Å². The average molecular weight is 416 g/mol. The second kappa shape index (κ2) is 9.56. The van der Waals surface area contributed by atoms with Crippen molar-refractivity contribution in [3.63, 3.8) is 0 Å². The summed E-state index contributed by atoms with van der Waals surface area (Å²) in [5.41, 5.74) is 2.30. The van der Waals surface area contributed by atoms with Gasteiger partial charge in [-0.3, -0.25) is 4.79 Å². The van der Waals surface area contributed by atoms with Gasteiger partial charge in [0.25, 0.3) is 0 Å². The van der Waals surface area contributed by atoms with Crippen LogP contribution in [0.4, 0.5) is 9.80 Å². The van der Waals surface area contributed by atoms with Gasteiger partial charge in [-0.25, -0.2) is 9.59 Å². The quantitative estimate of drug-likeness (QED) is 0.727. The van der Waals surface area contributed by atoms with Gasteiger partial charge in [0.2, 0.25) is 5.91 Å². The molecule has 1 aliphatic rings. The van der Waals surface area contributed by atoms with Gasteiger partial charge < -0.3 is 19.7 Å². The van der Waals surface area contributed by atoms with Crippen molar-refractivity contribution in [2.24, 2.45) is 0 Å². The largest absolute Gasteiger partial charge is 0.465 e. The summed E-state index contributed by atoms with van der Waals surface area (Å²) >= 11 is 1.31. The van der Waals surface area contributed by atoms with Crippen LogP contribution in [-0.4, -0.2) is 43.1 Å². The van der Waals surface area contributed by atoms with Gasteiger partial charge in [0.05, 0.1) is 25.8 Å². The first-order chi connectivity index (χ1) is 14.0. The Hall–Kier alpha value is -2.87. The van der Waals surface area contributed by atoms with Crippen LogP contribution in [0.5, 0.6) is 0 Å². The average Bonchev–Trinajstić information content (AvgIpc) is 3.09. The molecular formula is C21H24N2O5S. The van der Waals surface area contributed by atoms with Crippen LogP contribution in [0.15, 0.2) is 30.3 Å². The minimum atomic E-state index is -0.481. The number of nitrogens with zero attached hydrogens (tertiary/aromatic N) is 1. The molecule has 8 heteroatoms. The van der Waals surface area contributed by atoms with Crippen LogP contribution < -0.4 is 5.32 Å². The van der Waals surface area contributed by atoms with Crippen molar-refractivity contribution >= 4 is 34.3 Å². The molecule has 1 aromatic carbocycles. The lowest BCUT2D eigenvalue weighted by atomic mass is 10.0. The maximum atomic E-state index is 12.5. The maximum Gasteiger partial charge on any atom is 0.410 e. The molecule has 0 saturated heterocycles. The predicted octanol–water partition coefficient (Wildman–Crippen LogP) is 3.62. The Bertz CT molecular complexity index is 894. The SMILES string of the molecule is CCOC(=O)N1CCc2c(sc(NC(=O)CCc3ccccc3)c2C(=O)OC)C1. The number of fused-ring (bicyclic) bond motifs is 1. The number of thiophene rings is 1. The zero-order chi connectivity index (χ0) is 20.8. The number of carbonyl (C=O) groups is 3. The first-order valence-corrected chi connectivity index (χ1v) is 10.3. The van der Waals surface area contributed by atoms with Crippen LogP contribution in [0.25, 0.3) is 0 Å². The number of anilines is 1. The van der Waals surface area contributed by atoms with Gasteiger partial charge in [-0.1, -0.05) is 30.3 Å². The molecule has 3 rings (SSSR count). The van der Waals surface area contributed by atoms with Gasteiger partial charge in [0.15, 0.2) is 0 Å². The highest BCUT2D eigenvalue weighted by Crippen LogP contribution is 2.37. The summed E-state index contributed by atoms with van der Waals surface area (Å²) in [4.78, 5) is 39.4. The highest BCUT2D eigenvalue weighted by atomic mass is 32.1. The molecule has 2 amide bonds. The van der Waals surface area contributed by atoms with Gasteiger partial charge in [-0.2, -0.15) is 0 Å². The smallest absolute Gasteiger partial charge is 0.410 e. The number of benzene rings is 1. The van der Waals surface area contributed by atoms with Gasteiger partial charge in [0.1, 0.15) is 5.00 Å². The lowest BCUT2D eigenvalue weighted by molar-refractivity contribution is -0.116. The lowest BCUT2D eigenvalue weighted by Gasteiger charge is -2.26. The summed E-state index contributed by atoms with van der Waals surface area (Å²) in [6.45, 7) is 2.87. The fourth-order valence-corrected chi connectivity index (χ4v) is 4.54. The van der Waals surface area contributed by atoms with Crippen molar-refractivity contribution in [1.29, 1.82) is 0 Å². The molecule has 0 fully saturated rings. The molecule has 29 heavy (non-hydrogen) atoms. The summed E-state index contributed by atoms with van der Waals surface area (Å²) in [5, 5.41) is 3.34. The monoisotopic (exact) mass is 416 g/mol. The van der Waals surface area contributed by atoms with E-state index in [1.54, 1.807) is 11.8 Å². The molecule has 0 saturated carbocycles. The van der Waals surface area contributed by atoms with Crippen LogP contribution in [0, 0.1) is 0 Å². The number of ether oxygens (including phenoxy) is 2. The second-order valence-electron chi connectivity index (χ2n) is 6.60. The second-order valence-corrected chi connectivity index (χ2v) is 7.71. The molecular weight excluding hydrogens is 392 g/mol. The Labute approximate surface area is 173 Å². The highest BCUT2D eigenvalue weighted by molar-refractivity contribution is 7.17. The molecule has 0 atom stereocenters. The minimum absolute atomic E-state index is 0.167. The molecule has 2 aromatic rings. The van der Waals surface area contributed by atoms with Crippen molar-refractivity contribution in [1.82, 2.24) is 4.90 Å². The molecule has 154 valence electrons. The number of aryl methyl sites for hydroxylation is 1. The Balaban J connectivity index is 1.75. The Morgan fingerprint density at radius 2 is 1.97 bits per heavy atom. The van der Waals surface area contributed by atoms with Crippen molar-refractivity contribution < 1.29 is 23.9 Å². The van der Waals surface area contributed by atoms with Gasteiger partial charge >= 0.3 is 12.1 Å². The molecule has 0 unspecified atom stereocenters. The van der Waals surface area contributed by atoms with E-state index in [-0.39, 0.29) is 12.0 Å². The van der Waals surface area contributed by atoms with E-state index in [1.807, 2.05) is 30.3 Å². The van der Waals surface area contributed by atoms with Crippen molar-refractivity contribution in [3.05, 3.63) is 51.9 Å². The molecule has 0 spiro atoms. The van der Waals surface area contributed by atoms with E-state index >= 15 is 0 Å². The molecule has 7 nitrogen and oxygen atoms in total. The fraction of sp³-hybridized carbons (Fsp3) is 0.381. The molecule has 1 aromatic heterocycles. The van der Waals surface area contributed by atoms with Crippen LogP contribution in [0.2, 0.25) is 0 Å². The topological polar surface area (TPSA) is 84.9 Å². The third kappa shape index (κ3) is 4.95. The number of carbonyl (C=O) groups excluding carboxylic acids is 3. The lowest BCUT2D eigenvalue weighted by Crippen LogP contribution is -2.36. The van der Waals surface area contributed by atoms with E-state index in [1.165, 1.54) is 18.4 Å². The zero-order valence-electron chi connectivity index (χ0n) is 16.5. The summed E-state index contributed by atoms with van der Waals surface area (Å²) in [7, 11) is 1.32. The van der Waals surface area contributed by atoms with E-state index in [0.717, 1.165) is 16.0 Å². The minimum Gasteiger partial charge on any atom is -0.465 e. The number of methoxy groups -OCH3 is 1. The van der Waals surface area contributed by atoms with E-state index in [0.29, 0.717) is 49.5 Å². The van der Waals surface area contributed by atoms with Crippen LogP contribution in [0.1, 0.15) is 39.7 Å². The number of amides is 2. The number of rotatable bonds is 6. The van der Waals surface area contributed by atoms with Gasteiger partial charge in [-0.15, -0.1) is 11.3 Å². The Morgan fingerprint density at radius 1 is 1.21 bits per heavy atom. The Kier molecular flexibility index (Phi) is 6.87. The number of hydrogen-bond acceptors (Lipinski definition) is 6. The normalized spacial score (nSPS) is 12.8. The van der Waals surface area contributed by atoms with E-state index < -0.39 is 5.97 Å². The summed E-state index contributed by atoms with van der Waals surface area (Å²) < 4.78 is 10.0. The third-order valence-corrected chi connectivity index (χ3v) is 5.84. The van der Waals surface area contributed by atoms with Gasteiger partial charge in [-0.05, 0) is 30.9 Å². The van der Waals surface area contributed by atoms with E-state index in [9.17, 15) is 14.4 Å². The standard InChI is InChI=1S/C21H24N2O5S/c1-3-28-21(26)23-12-11-15-16(13-23)29-19(18(15)20(25)27-2)22-17(24)10-9-14-7-5-4-6-8-14/h4-8H,3,9-13H2,1-2H3,(H,22,24). The zero-order valence-corrected chi connectivity index (χ0v) is 17.3. The van der Waals surface area contributed by atoms with Crippen molar-refractivity contribution in [2.75, 3.05) is 25.6 Å². The molecule has 1 aliphatic heterocycles. The van der Waals surface area contributed by atoms with Crippen LogP contribution in [0.3, 0.4) is 0 Å². The van der Waals surface area contributed by atoms with Crippen LogP contribution >= 0.6 is 11.3 Å². The molecule has 2 heterocycles. The van der Waals surface area contributed by atoms with Gasteiger partial charge in [0, 0.05) is 17.8 Å². The molecule has 0 bridgehead atoms. The summed E-state index contributed by atoms with van der Waals surface area (Å²) in [6, 6.07) is 9.75. The first kappa shape index (κ1) is 20.9. The first-order valence-electron chi connectivity index (χ1n) is 9.51. The molecule has 0 radical (unpaired) electrons. The third-order valence-electron chi connectivity index (χ3n) is 4.71. The maximum absolute atomic E-state index is 12.5. The Morgan fingerprint density at radius 3 is 2.66 bits per heavy atom. The highest BCUT2D eigenvalue weighted by Gasteiger charge is 2.31. The summed E-state index contributed by atoms with van der Waals surface area (Å²) in [5.74, 6) is -0.648. The summed E-state index contributed by atoms with van der Waals surface area (Å²) in [6.07, 6.45) is 1.05. The number of nitrogens with one attached hydrogen (secondary N) is 1. The number of esters is 1. The number of hydrogen-bond donors (Lipinski definition) is 1. The molecule has 1 N–H and O–H groups in total. The van der Waals surface area contributed by atoms with E-state index in [2.05, 4.69) is 5.32 Å². The molecule has 0 aliphatic carbocycles. The fourth-order valence-electron chi connectivity index (χ4n) is 3.27. The van der Waals surface area contributed by atoms with Crippen LogP contribution in [-0.2, 0) is 33.7 Å². The van der Waals surface area contributed by atoms with Crippen molar-refractivity contribution in [3.8, 4) is 0 Å². The predicted molar refractivity (Wildman–Crippen MR) is 110 cm³/mol. The van der Waals surface area contributed by atoms with E-state index in [4.69, 9.17) is 9.47 Å².